The number of benzene rings is 1. The van der Waals surface area contributed by atoms with Crippen LogP contribution >= 0.6 is 0 Å². The monoisotopic (exact) mass is 289 g/mol. The SMILES string of the molecule is CCOC(=O)[C@H]1C[C@H]2C[C@H]2N1C(=O)OCc1ccccc1. The number of hydrogen-bond donors (Lipinski definition) is 0. The van der Waals surface area contributed by atoms with E-state index in [1.807, 2.05) is 30.3 Å². The van der Waals surface area contributed by atoms with Crippen LogP contribution in [-0.2, 0) is 20.9 Å². The van der Waals surface area contributed by atoms with Crippen LogP contribution in [-0.4, -0.2) is 35.7 Å². The Morgan fingerprint density at radius 2 is 1.95 bits per heavy atom. The van der Waals surface area contributed by atoms with Gasteiger partial charge >= 0.3 is 12.1 Å². The van der Waals surface area contributed by atoms with E-state index in [0.29, 0.717) is 18.9 Å². The third-order valence-electron chi connectivity index (χ3n) is 4.08. The van der Waals surface area contributed by atoms with Gasteiger partial charge in [0, 0.05) is 6.04 Å². The Kier molecular flexibility index (Phi) is 3.82. The molecule has 0 unspecified atom stereocenters. The van der Waals surface area contributed by atoms with Gasteiger partial charge in [-0.3, -0.25) is 4.90 Å². The summed E-state index contributed by atoms with van der Waals surface area (Å²) in [5, 5.41) is 0. The van der Waals surface area contributed by atoms with Gasteiger partial charge in [-0.1, -0.05) is 30.3 Å². The minimum Gasteiger partial charge on any atom is -0.464 e. The standard InChI is InChI=1S/C16H19NO4/c1-2-20-15(18)14-9-12-8-13(12)17(14)16(19)21-10-11-6-4-3-5-7-11/h3-7,12-14H,2,8-10H2,1H3/t12-,13-,14-/m1/s1. The van der Waals surface area contributed by atoms with Crippen molar-refractivity contribution >= 4 is 12.1 Å². The van der Waals surface area contributed by atoms with Crippen LogP contribution in [0.15, 0.2) is 30.3 Å². The number of fused-ring (bicyclic) bond motifs is 1. The molecule has 5 heteroatoms. The Morgan fingerprint density at radius 3 is 2.67 bits per heavy atom. The summed E-state index contributed by atoms with van der Waals surface area (Å²) < 4.78 is 10.4. The lowest BCUT2D eigenvalue weighted by Crippen LogP contribution is -2.44. The molecule has 2 fully saturated rings. The molecule has 0 bridgehead atoms. The average molecular weight is 289 g/mol. The maximum absolute atomic E-state index is 12.3. The van der Waals surface area contributed by atoms with Gasteiger partial charge in [-0.05, 0) is 31.2 Å². The van der Waals surface area contributed by atoms with E-state index in [0.717, 1.165) is 12.0 Å². The molecule has 1 saturated heterocycles. The molecule has 1 aliphatic heterocycles. The van der Waals surface area contributed by atoms with Crippen molar-refractivity contribution < 1.29 is 19.1 Å². The number of esters is 1. The number of carbonyl (C=O) groups excluding carboxylic acids is 2. The van der Waals surface area contributed by atoms with Crippen molar-refractivity contribution in [3.05, 3.63) is 35.9 Å². The number of carbonyl (C=O) groups is 2. The number of rotatable bonds is 4. The van der Waals surface area contributed by atoms with Crippen LogP contribution in [0.25, 0.3) is 0 Å². The van der Waals surface area contributed by atoms with Gasteiger partial charge in [-0.15, -0.1) is 0 Å². The summed E-state index contributed by atoms with van der Waals surface area (Å²) in [5.74, 6) is 0.116. The molecular formula is C16H19NO4. The maximum atomic E-state index is 12.3. The van der Waals surface area contributed by atoms with Crippen molar-refractivity contribution in [2.75, 3.05) is 6.61 Å². The fourth-order valence-electron chi connectivity index (χ4n) is 2.96. The summed E-state index contributed by atoms with van der Waals surface area (Å²) in [6.07, 6.45) is 1.25. The molecular weight excluding hydrogens is 270 g/mol. The van der Waals surface area contributed by atoms with Crippen LogP contribution in [0.2, 0.25) is 0 Å². The first-order valence-electron chi connectivity index (χ1n) is 7.36. The number of piperidine rings is 1. The van der Waals surface area contributed by atoms with E-state index < -0.39 is 12.1 Å². The number of ether oxygens (including phenoxy) is 2. The highest BCUT2D eigenvalue weighted by atomic mass is 16.6. The van der Waals surface area contributed by atoms with Crippen LogP contribution in [0.4, 0.5) is 4.79 Å². The van der Waals surface area contributed by atoms with Crippen molar-refractivity contribution in [1.29, 1.82) is 0 Å². The van der Waals surface area contributed by atoms with Crippen molar-refractivity contribution in [2.45, 2.75) is 38.5 Å². The van der Waals surface area contributed by atoms with Gasteiger partial charge in [0.2, 0.25) is 0 Å². The van der Waals surface area contributed by atoms with Crippen molar-refractivity contribution in [2.24, 2.45) is 5.92 Å². The molecule has 0 N–H and O–H groups in total. The van der Waals surface area contributed by atoms with Crippen LogP contribution in [0, 0.1) is 5.92 Å². The Labute approximate surface area is 123 Å². The first-order chi connectivity index (χ1) is 10.2. The minimum atomic E-state index is -0.475. The van der Waals surface area contributed by atoms with Crippen LogP contribution < -0.4 is 0 Å². The molecule has 1 aromatic carbocycles. The second-order valence-corrected chi connectivity index (χ2v) is 5.51. The van der Waals surface area contributed by atoms with Gasteiger partial charge in [0.25, 0.3) is 0 Å². The summed E-state index contributed by atoms with van der Waals surface area (Å²) >= 11 is 0. The van der Waals surface area contributed by atoms with E-state index in [9.17, 15) is 9.59 Å². The quantitative estimate of drug-likeness (QED) is 0.798. The lowest BCUT2D eigenvalue weighted by Gasteiger charge is -2.25. The molecule has 0 spiro atoms. The molecule has 1 aliphatic carbocycles. The molecule has 21 heavy (non-hydrogen) atoms. The van der Waals surface area contributed by atoms with E-state index in [4.69, 9.17) is 9.47 Å². The number of likely N-dealkylation sites (tertiary alicyclic amines) is 1. The summed E-state index contributed by atoms with van der Waals surface area (Å²) in [4.78, 5) is 25.8. The lowest BCUT2D eigenvalue weighted by molar-refractivity contribution is -0.148. The largest absolute Gasteiger partial charge is 0.464 e. The zero-order valence-corrected chi connectivity index (χ0v) is 12.0. The van der Waals surface area contributed by atoms with E-state index in [-0.39, 0.29) is 18.6 Å². The lowest BCUT2D eigenvalue weighted by atomic mass is 10.2. The maximum Gasteiger partial charge on any atom is 0.411 e. The molecule has 1 aromatic rings. The third kappa shape index (κ3) is 2.86. The predicted molar refractivity (Wildman–Crippen MR) is 75.4 cm³/mol. The summed E-state index contributed by atoms with van der Waals surface area (Å²) in [5.41, 5.74) is 0.935. The van der Waals surface area contributed by atoms with Gasteiger partial charge in [-0.2, -0.15) is 0 Å². The first-order valence-corrected chi connectivity index (χ1v) is 7.36. The van der Waals surface area contributed by atoms with E-state index in [1.165, 1.54) is 0 Å². The first kappa shape index (κ1) is 13.9. The average Bonchev–Trinajstić information content (AvgIpc) is 3.16. The number of hydrogen-bond acceptors (Lipinski definition) is 4. The molecule has 3 rings (SSSR count). The topological polar surface area (TPSA) is 55.8 Å². The van der Waals surface area contributed by atoms with Gasteiger partial charge in [-0.25, -0.2) is 9.59 Å². The predicted octanol–water partition coefficient (Wildman–Crippen LogP) is 2.35. The molecule has 3 atom stereocenters. The highest BCUT2D eigenvalue weighted by molar-refractivity contribution is 5.83. The van der Waals surface area contributed by atoms with E-state index >= 15 is 0 Å². The molecule has 0 aromatic heterocycles. The Hall–Kier alpha value is -2.04. The smallest absolute Gasteiger partial charge is 0.411 e. The number of nitrogens with zero attached hydrogens (tertiary/aromatic N) is 1. The zero-order chi connectivity index (χ0) is 14.8. The highest BCUT2D eigenvalue weighted by Crippen LogP contribution is 2.48. The third-order valence-corrected chi connectivity index (χ3v) is 4.08. The fourth-order valence-corrected chi connectivity index (χ4v) is 2.96. The Bertz CT molecular complexity index is 530. The molecule has 2 aliphatic rings. The Balaban J connectivity index is 1.61. The normalized spacial score (nSPS) is 26.1. The van der Waals surface area contributed by atoms with Crippen LogP contribution in [0.1, 0.15) is 25.3 Å². The molecule has 1 saturated carbocycles. The fraction of sp³-hybridized carbons (Fsp3) is 0.500. The van der Waals surface area contributed by atoms with E-state index in [1.54, 1.807) is 11.8 Å². The van der Waals surface area contributed by atoms with Crippen molar-refractivity contribution in [1.82, 2.24) is 4.90 Å². The molecule has 1 amide bonds. The summed E-state index contributed by atoms with van der Waals surface area (Å²) in [6.45, 7) is 2.33. The zero-order valence-electron chi connectivity index (χ0n) is 12.0. The Morgan fingerprint density at radius 1 is 1.19 bits per heavy atom. The second kappa shape index (κ2) is 5.76. The molecule has 5 nitrogen and oxygen atoms in total. The van der Waals surface area contributed by atoms with Gasteiger partial charge in [0.1, 0.15) is 12.6 Å². The highest BCUT2D eigenvalue weighted by Gasteiger charge is 2.57. The molecule has 0 radical (unpaired) electrons. The van der Waals surface area contributed by atoms with Gasteiger partial charge in [0.15, 0.2) is 0 Å². The summed E-state index contributed by atoms with van der Waals surface area (Å²) in [7, 11) is 0. The second-order valence-electron chi connectivity index (χ2n) is 5.51. The van der Waals surface area contributed by atoms with Gasteiger partial charge < -0.3 is 9.47 Å². The van der Waals surface area contributed by atoms with Crippen LogP contribution in [0.5, 0.6) is 0 Å². The molecule has 112 valence electrons. The van der Waals surface area contributed by atoms with Crippen molar-refractivity contribution in [3.8, 4) is 0 Å². The van der Waals surface area contributed by atoms with E-state index in [2.05, 4.69) is 0 Å². The summed E-state index contributed by atoms with van der Waals surface area (Å²) in [6, 6.07) is 9.20. The van der Waals surface area contributed by atoms with Crippen molar-refractivity contribution in [3.63, 3.8) is 0 Å². The minimum absolute atomic E-state index is 0.155. The van der Waals surface area contributed by atoms with Gasteiger partial charge in [0.05, 0.1) is 6.61 Å². The molecule has 1 heterocycles. The number of amides is 1. The van der Waals surface area contributed by atoms with Crippen LogP contribution in [0.3, 0.4) is 0 Å².